The van der Waals surface area contributed by atoms with E-state index in [0.29, 0.717) is 5.56 Å². The quantitative estimate of drug-likeness (QED) is 0.341. The number of amides is 2. The zero-order chi connectivity index (χ0) is 24.3. The molecule has 0 unspecified atom stereocenters. The molecule has 0 bridgehead atoms. The van der Waals surface area contributed by atoms with Crippen molar-refractivity contribution >= 4 is 18.0 Å². The molecule has 1 fully saturated rings. The highest BCUT2D eigenvalue weighted by atomic mass is 16.6. The molecule has 1 aliphatic carbocycles. The fourth-order valence-corrected chi connectivity index (χ4v) is 3.74. The molecule has 11 nitrogen and oxygen atoms in total. The molecule has 33 heavy (non-hydrogen) atoms. The van der Waals surface area contributed by atoms with Crippen molar-refractivity contribution < 1.29 is 44.3 Å². The molecule has 0 spiro atoms. The Labute approximate surface area is 188 Å². The first kappa shape index (κ1) is 23.8. The summed E-state index contributed by atoms with van der Waals surface area (Å²) in [5.74, 6) is -2.18. The number of benzene rings is 2. The van der Waals surface area contributed by atoms with E-state index < -0.39 is 48.4 Å². The van der Waals surface area contributed by atoms with E-state index >= 15 is 0 Å². The van der Waals surface area contributed by atoms with Gasteiger partial charge in [-0.15, -0.1) is 0 Å². The molecule has 0 radical (unpaired) electrons. The van der Waals surface area contributed by atoms with Gasteiger partial charge in [-0.1, -0.05) is 18.2 Å². The lowest BCUT2D eigenvalue weighted by atomic mass is 9.85. The third kappa shape index (κ3) is 5.33. The van der Waals surface area contributed by atoms with Crippen LogP contribution in [0.2, 0.25) is 0 Å². The number of ether oxygens (including phenoxy) is 2. The van der Waals surface area contributed by atoms with Crippen LogP contribution in [0.5, 0.6) is 11.5 Å². The molecule has 0 heterocycles. The molecule has 0 saturated heterocycles. The number of aromatic hydroxyl groups is 2. The van der Waals surface area contributed by atoms with Gasteiger partial charge in [0, 0.05) is 12.0 Å². The Kier molecular flexibility index (Phi) is 7.04. The second kappa shape index (κ2) is 9.76. The molecule has 1 aliphatic rings. The van der Waals surface area contributed by atoms with E-state index in [4.69, 9.17) is 15.2 Å². The maximum absolute atomic E-state index is 12.8. The Morgan fingerprint density at radius 2 is 1.73 bits per heavy atom. The van der Waals surface area contributed by atoms with E-state index in [9.17, 15) is 34.8 Å². The van der Waals surface area contributed by atoms with Crippen LogP contribution in [0.25, 0.3) is 0 Å². The SMILES string of the molecule is Cc1cccc(O)c1C(=O)O[C@H]1[C@H](O)[C@@H](O)[C@H](OC(N)=O)C[C@@H]1NC(=O)c1cccc(O)c1. The second-order valence-corrected chi connectivity index (χ2v) is 7.66. The maximum Gasteiger partial charge on any atom is 0.404 e. The van der Waals surface area contributed by atoms with Crippen LogP contribution in [0, 0.1) is 6.92 Å². The Morgan fingerprint density at radius 1 is 1.03 bits per heavy atom. The molecule has 2 aromatic rings. The zero-order valence-corrected chi connectivity index (χ0v) is 17.5. The molecule has 2 amide bonds. The molecule has 3 rings (SSSR count). The van der Waals surface area contributed by atoms with Crippen molar-refractivity contribution in [3.63, 3.8) is 0 Å². The predicted octanol–water partition coefficient (Wildman–Crippen LogP) is 0.320. The van der Waals surface area contributed by atoms with Gasteiger partial charge in [-0.05, 0) is 36.8 Å². The molecule has 2 aromatic carbocycles. The van der Waals surface area contributed by atoms with Crippen LogP contribution in [0.3, 0.4) is 0 Å². The number of aliphatic hydroxyl groups excluding tert-OH is 2. The van der Waals surface area contributed by atoms with Crippen molar-refractivity contribution in [3.05, 3.63) is 59.2 Å². The van der Waals surface area contributed by atoms with E-state index in [2.05, 4.69) is 5.32 Å². The first-order valence-corrected chi connectivity index (χ1v) is 10.00. The predicted molar refractivity (Wildman–Crippen MR) is 112 cm³/mol. The number of nitrogens with one attached hydrogen (secondary N) is 1. The van der Waals surface area contributed by atoms with E-state index in [1.807, 2.05) is 0 Å². The second-order valence-electron chi connectivity index (χ2n) is 7.66. The smallest absolute Gasteiger partial charge is 0.404 e. The fourth-order valence-electron chi connectivity index (χ4n) is 3.74. The molecule has 5 atom stereocenters. The normalized spacial score (nSPS) is 24.5. The van der Waals surface area contributed by atoms with E-state index in [1.54, 1.807) is 13.0 Å². The summed E-state index contributed by atoms with van der Waals surface area (Å²) >= 11 is 0. The van der Waals surface area contributed by atoms with E-state index in [0.717, 1.165) is 0 Å². The molecular weight excluding hydrogens is 436 g/mol. The number of esters is 1. The topological polar surface area (TPSA) is 189 Å². The first-order chi connectivity index (χ1) is 15.6. The molecule has 1 saturated carbocycles. The minimum absolute atomic E-state index is 0.0737. The lowest BCUT2D eigenvalue weighted by molar-refractivity contribution is -0.147. The van der Waals surface area contributed by atoms with Crippen LogP contribution < -0.4 is 11.1 Å². The lowest BCUT2D eigenvalue weighted by Crippen LogP contribution is -2.63. The molecular formula is C22H24N2O9. The Bertz CT molecular complexity index is 1040. The van der Waals surface area contributed by atoms with Crippen LogP contribution in [-0.2, 0) is 9.47 Å². The third-order valence-corrected chi connectivity index (χ3v) is 5.34. The third-order valence-electron chi connectivity index (χ3n) is 5.34. The number of primary amides is 1. The van der Waals surface area contributed by atoms with Crippen molar-refractivity contribution in [2.24, 2.45) is 5.73 Å². The summed E-state index contributed by atoms with van der Waals surface area (Å²) in [7, 11) is 0. The minimum atomic E-state index is -1.77. The average Bonchev–Trinajstić information content (AvgIpc) is 2.74. The summed E-state index contributed by atoms with van der Waals surface area (Å²) in [6, 6.07) is 8.70. The van der Waals surface area contributed by atoms with Gasteiger partial charge in [-0.2, -0.15) is 0 Å². The van der Waals surface area contributed by atoms with E-state index in [1.165, 1.54) is 36.4 Å². The summed E-state index contributed by atoms with van der Waals surface area (Å²) in [5, 5.41) is 43.3. The fraction of sp³-hybridized carbons (Fsp3) is 0.318. The number of aryl methyl sites for hydroxylation is 1. The number of phenolic OH excluding ortho intramolecular Hbond substituents is 2. The van der Waals surface area contributed by atoms with Gasteiger partial charge in [0.1, 0.15) is 35.4 Å². The monoisotopic (exact) mass is 460 g/mol. The number of aliphatic hydroxyl groups is 2. The molecule has 11 heteroatoms. The lowest BCUT2D eigenvalue weighted by Gasteiger charge is -2.41. The van der Waals surface area contributed by atoms with Gasteiger partial charge >= 0.3 is 12.1 Å². The average molecular weight is 460 g/mol. The highest BCUT2D eigenvalue weighted by Gasteiger charge is 2.48. The number of nitrogens with two attached hydrogens (primary N) is 1. The molecule has 176 valence electrons. The van der Waals surface area contributed by atoms with Crippen LogP contribution in [0.15, 0.2) is 42.5 Å². The van der Waals surface area contributed by atoms with Gasteiger partial charge < -0.3 is 41.0 Å². The van der Waals surface area contributed by atoms with Crippen molar-refractivity contribution in [3.8, 4) is 11.5 Å². The van der Waals surface area contributed by atoms with E-state index in [-0.39, 0.29) is 29.0 Å². The van der Waals surface area contributed by atoms with Gasteiger partial charge in [0.15, 0.2) is 6.10 Å². The summed E-state index contributed by atoms with van der Waals surface area (Å²) in [6.07, 6.45) is -7.66. The number of carbonyl (C=O) groups excluding carboxylic acids is 3. The molecule has 0 aromatic heterocycles. The highest BCUT2D eigenvalue weighted by Crippen LogP contribution is 2.29. The minimum Gasteiger partial charge on any atom is -0.508 e. The summed E-state index contributed by atoms with van der Waals surface area (Å²) in [6.45, 7) is 1.57. The standard InChI is InChI=1S/C22H24N2O9/c1-10-4-2-7-14(26)16(10)21(30)33-19-13(9-15(32-22(23)31)17(27)18(19)28)24-20(29)11-5-3-6-12(25)8-11/h2-8,13,15,17-19,25-28H,9H2,1H3,(H2,23,31)(H,24,29)/t13-,15+,17-,18+,19+/m0/s1. The maximum atomic E-state index is 12.8. The van der Waals surface area contributed by atoms with Crippen LogP contribution >= 0.6 is 0 Å². The highest BCUT2D eigenvalue weighted by molar-refractivity contribution is 5.95. The summed E-state index contributed by atoms with van der Waals surface area (Å²) in [4.78, 5) is 36.7. The summed E-state index contributed by atoms with van der Waals surface area (Å²) in [5.41, 5.74) is 5.36. The Hall–Kier alpha value is -3.83. The van der Waals surface area contributed by atoms with Gasteiger partial charge in [0.25, 0.3) is 5.91 Å². The van der Waals surface area contributed by atoms with Crippen LogP contribution in [-0.4, -0.2) is 68.9 Å². The van der Waals surface area contributed by atoms with Gasteiger partial charge in [-0.25, -0.2) is 9.59 Å². The van der Waals surface area contributed by atoms with Crippen molar-refractivity contribution in [2.45, 2.75) is 43.8 Å². The van der Waals surface area contributed by atoms with Crippen LogP contribution in [0.1, 0.15) is 32.7 Å². The largest absolute Gasteiger partial charge is 0.508 e. The van der Waals surface area contributed by atoms with Gasteiger partial charge in [0.05, 0.1) is 6.04 Å². The van der Waals surface area contributed by atoms with Crippen LogP contribution in [0.4, 0.5) is 4.79 Å². The first-order valence-electron chi connectivity index (χ1n) is 10.00. The molecule has 7 N–H and O–H groups in total. The Balaban J connectivity index is 1.89. The van der Waals surface area contributed by atoms with Gasteiger partial charge in [0.2, 0.25) is 0 Å². The number of phenols is 2. The number of carbonyl (C=O) groups is 3. The van der Waals surface area contributed by atoms with Crippen molar-refractivity contribution in [2.75, 3.05) is 0 Å². The van der Waals surface area contributed by atoms with Gasteiger partial charge in [-0.3, -0.25) is 4.79 Å². The molecule has 0 aliphatic heterocycles. The zero-order valence-electron chi connectivity index (χ0n) is 17.5. The number of hydrogen-bond donors (Lipinski definition) is 6. The summed E-state index contributed by atoms with van der Waals surface area (Å²) < 4.78 is 10.2. The van der Waals surface area contributed by atoms with Crippen molar-refractivity contribution in [1.82, 2.24) is 5.32 Å². The number of hydrogen-bond acceptors (Lipinski definition) is 9. The number of rotatable bonds is 5. The van der Waals surface area contributed by atoms with Crippen molar-refractivity contribution in [1.29, 1.82) is 0 Å². The Morgan fingerprint density at radius 3 is 2.36 bits per heavy atom.